The van der Waals surface area contributed by atoms with Gasteiger partial charge in [0.15, 0.2) is 6.61 Å². The van der Waals surface area contributed by atoms with Gasteiger partial charge in [0, 0.05) is 16.3 Å². The molecule has 0 saturated heterocycles. The molecule has 0 aliphatic heterocycles. The fourth-order valence-electron chi connectivity index (χ4n) is 2.52. The van der Waals surface area contributed by atoms with Crippen LogP contribution >= 0.6 is 22.9 Å². The number of anilines is 1. The van der Waals surface area contributed by atoms with Gasteiger partial charge in [-0.1, -0.05) is 41.9 Å². The molecule has 1 aromatic heterocycles. The number of hydrogen-bond donors (Lipinski definition) is 1. The van der Waals surface area contributed by atoms with E-state index in [4.69, 9.17) is 21.1 Å². The Morgan fingerprint density at radius 2 is 1.79 bits per heavy atom. The van der Waals surface area contributed by atoms with E-state index in [0.29, 0.717) is 27.8 Å². The van der Waals surface area contributed by atoms with E-state index in [2.05, 4.69) is 5.32 Å². The molecule has 5 nitrogen and oxygen atoms in total. The van der Waals surface area contributed by atoms with Gasteiger partial charge in [-0.2, -0.15) is 0 Å². The first kappa shape index (κ1) is 19.9. The second kappa shape index (κ2) is 9.39. The monoisotopic (exact) mass is 415 g/mol. The van der Waals surface area contributed by atoms with Crippen LogP contribution in [0.25, 0.3) is 0 Å². The summed E-state index contributed by atoms with van der Waals surface area (Å²) in [7, 11) is 1.31. The third-order valence-electron chi connectivity index (χ3n) is 3.85. The predicted molar refractivity (Wildman–Crippen MR) is 110 cm³/mol. The van der Waals surface area contributed by atoms with Crippen molar-refractivity contribution in [1.82, 2.24) is 0 Å². The molecule has 0 radical (unpaired) electrons. The highest BCUT2D eigenvalue weighted by atomic mass is 35.5. The molecular formula is C21H18ClNO4S. The third-order valence-corrected chi connectivity index (χ3v) is 5.15. The van der Waals surface area contributed by atoms with Crippen LogP contribution in [-0.2, 0) is 16.0 Å². The van der Waals surface area contributed by atoms with Crippen LogP contribution in [0.2, 0.25) is 5.02 Å². The van der Waals surface area contributed by atoms with Crippen LogP contribution < -0.4 is 10.1 Å². The molecule has 0 fully saturated rings. The van der Waals surface area contributed by atoms with Gasteiger partial charge in [-0.25, -0.2) is 4.79 Å². The smallest absolute Gasteiger partial charge is 0.340 e. The van der Waals surface area contributed by atoms with Gasteiger partial charge < -0.3 is 14.8 Å². The molecule has 2 aromatic carbocycles. The number of methoxy groups -OCH3 is 1. The number of benzene rings is 2. The van der Waals surface area contributed by atoms with Crippen LogP contribution in [0, 0.1) is 0 Å². The zero-order valence-electron chi connectivity index (χ0n) is 15.1. The minimum atomic E-state index is -0.496. The van der Waals surface area contributed by atoms with Crippen molar-refractivity contribution >= 4 is 39.8 Å². The van der Waals surface area contributed by atoms with Crippen molar-refractivity contribution in [3.63, 3.8) is 0 Å². The fraction of sp³-hybridized carbons (Fsp3) is 0.143. The topological polar surface area (TPSA) is 64.6 Å². The van der Waals surface area contributed by atoms with Crippen molar-refractivity contribution in [2.45, 2.75) is 6.42 Å². The van der Waals surface area contributed by atoms with Crippen molar-refractivity contribution in [2.75, 3.05) is 19.0 Å². The van der Waals surface area contributed by atoms with E-state index >= 15 is 0 Å². The molecule has 0 bridgehead atoms. The first-order valence-corrected chi connectivity index (χ1v) is 9.68. The van der Waals surface area contributed by atoms with Crippen molar-refractivity contribution in [3.8, 4) is 5.75 Å². The number of rotatable bonds is 7. The maximum absolute atomic E-state index is 12.3. The maximum Gasteiger partial charge on any atom is 0.340 e. The second-order valence-corrected chi connectivity index (χ2v) is 7.47. The van der Waals surface area contributed by atoms with Crippen molar-refractivity contribution in [1.29, 1.82) is 0 Å². The molecule has 1 N–H and O–H groups in total. The number of thiophene rings is 1. The average Bonchev–Trinajstić information content (AvgIpc) is 3.09. The lowest BCUT2D eigenvalue weighted by Gasteiger charge is -2.07. The molecule has 0 spiro atoms. The molecule has 0 aliphatic carbocycles. The summed E-state index contributed by atoms with van der Waals surface area (Å²) < 4.78 is 10.3. The lowest BCUT2D eigenvalue weighted by molar-refractivity contribution is -0.118. The molecule has 7 heteroatoms. The van der Waals surface area contributed by atoms with Crippen molar-refractivity contribution < 1.29 is 19.1 Å². The Morgan fingerprint density at radius 1 is 1.07 bits per heavy atom. The van der Waals surface area contributed by atoms with Gasteiger partial charge in [0.1, 0.15) is 10.8 Å². The van der Waals surface area contributed by atoms with Gasteiger partial charge in [-0.15, -0.1) is 11.3 Å². The SMILES string of the molecule is COC(=O)c1cc(Cc2ccccc2)sc1NC(=O)COc1ccc(Cl)cc1. The summed E-state index contributed by atoms with van der Waals surface area (Å²) in [6, 6.07) is 18.4. The van der Waals surface area contributed by atoms with Crippen LogP contribution in [0.1, 0.15) is 20.8 Å². The zero-order chi connectivity index (χ0) is 19.9. The molecule has 1 heterocycles. The quantitative estimate of drug-likeness (QED) is 0.563. The summed E-state index contributed by atoms with van der Waals surface area (Å²) in [6.45, 7) is -0.186. The first-order valence-electron chi connectivity index (χ1n) is 8.48. The second-order valence-electron chi connectivity index (χ2n) is 5.90. The average molecular weight is 416 g/mol. The standard InChI is InChI=1S/C21H18ClNO4S/c1-26-21(25)18-12-17(11-14-5-3-2-4-6-14)28-20(18)23-19(24)13-27-16-9-7-15(22)8-10-16/h2-10,12H,11,13H2,1H3,(H,23,24). The van der Waals surface area contributed by atoms with E-state index in [1.807, 2.05) is 30.3 Å². The summed E-state index contributed by atoms with van der Waals surface area (Å²) in [5, 5.41) is 3.78. The molecular weight excluding hydrogens is 398 g/mol. The van der Waals surface area contributed by atoms with Crippen LogP contribution in [0.5, 0.6) is 5.75 Å². The Kier molecular flexibility index (Phi) is 6.68. The fourth-order valence-corrected chi connectivity index (χ4v) is 3.74. The number of hydrogen-bond acceptors (Lipinski definition) is 5. The van der Waals surface area contributed by atoms with E-state index in [-0.39, 0.29) is 12.5 Å². The normalized spacial score (nSPS) is 10.4. The van der Waals surface area contributed by atoms with Crippen LogP contribution in [0.3, 0.4) is 0 Å². The number of halogens is 1. The Morgan fingerprint density at radius 3 is 2.46 bits per heavy atom. The van der Waals surface area contributed by atoms with Gasteiger partial charge >= 0.3 is 5.97 Å². The highest BCUT2D eigenvalue weighted by molar-refractivity contribution is 7.16. The van der Waals surface area contributed by atoms with E-state index in [1.165, 1.54) is 18.4 Å². The number of carbonyl (C=O) groups excluding carboxylic acids is 2. The van der Waals surface area contributed by atoms with Crippen molar-refractivity contribution in [2.24, 2.45) is 0 Å². The van der Waals surface area contributed by atoms with E-state index in [0.717, 1.165) is 10.4 Å². The highest BCUT2D eigenvalue weighted by Crippen LogP contribution is 2.30. The van der Waals surface area contributed by atoms with Gasteiger partial charge in [0.05, 0.1) is 12.7 Å². The lowest BCUT2D eigenvalue weighted by Crippen LogP contribution is -2.20. The predicted octanol–water partition coefficient (Wildman–Crippen LogP) is 4.80. The van der Waals surface area contributed by atoms with Crippen LogP contribution in [0.15, 0.2) is 60.7 Å². The third kappa shape index (κ3) is 5.34. The van der Waals surface area contributed by atoms with E-state index < -0.39 is 5.97 Å². The molecule has 3 aromatic rings. The zero-order valence-corrected chi connectivity index (χ0v) is 16.7. The Balaban J connectivity index is 1.69. The lowest BCUT2D eigenvalue weighted by atomic mass is 10.1. The number of nitrogens with one attached hydrogen (secondary N) is 1. The molecule has 144 valence electrons. The Hall–Kier alpha value is -2.83. The first-order chi connectivity index (χ1) is 13.5. The number of esters is 1. The van der Waals surface area contributed by atoms with Gasteiger partial charge in [-0.3, -0.25) is 4.79 Å². The van der Waals surface area contributed by atoms with E-state index in [1.54, 1.807) is 30.3 Å². The summed E-state index contributed by atoms with van der Waals surface area (Å²) >= 11 is 7.17. The molecule has 3 rings (SSSR count). The summed E-state index contributed by atoms with van der Waals surface area (Å²) in [5.41, 5.74) is 1.45. The molecule has 1 amide bonds. The highest BCUT2D eigenvalue weighted by Gasteiger charge is 2.19. The summed E-state index contributed by atoms with van der Waals surface area (Å²) in [6.07, 6.45) is 0.659. The molecule has 0 atom stereocenters. The number of ether oxygens (including phenoxy) is 2. The molecule has 28 heavy (non-hydrogen) atoms. The minimum absolute atomic E-state index is 0.186. The summed E-state index contributed by atoms with van der Waals surface area (Å²) in [5.74, 6) is -0.332. The van der Waals surface area contributed by atoms with Gasteiger partial charge in [0.2, 0.25) is 0 Å². The van der Waals surface area contributed by atoms with Crippen LogP contribution in [-0.4, -0.2) is 25.6 Å². The number of amides is 1. The Bertz CT molecular complexity index is 954. The molecule has 0 unspecified atom stereocenters. The van der Waals surface area contributed by atoms with E-state index in [9.17, 15) is 9.59 Å². The van der Waals surface area contributed by atoms with Crippen LogP contribution in [0.4, 0.5) is 5.00 Å². The molecule has 0 saturated carbocycles. The number of carbonyl (C=O) groups is 2. The Labute approximate surface area is 171 Å². The van der Waals surface area contributed by atoms with Gasteiger partial charge in [0.25, 0.3) is 5.91 Å². The minimum Gasteiger partial charge on any atom is -0.484 e. The molecule has 0 aliphatic rings. The summed E-state index contributed by atoms with van der Waals surface area (Å²) in [4.78, 5) is 25.3. The van der Waals surface area contributed by atoms with Gasteiger partial charge in [-0.05, 0) is 35.9 Å². The maximum atomic E-state index is 12.3. The van der Waals surface area contributed by atoms with Crippen molar-refractivity contribution in [3.05, 3.63) is 81.7 Å². The largest absolute Gasteiger partial charge is 0.484 e.